The van der Waals surface area contributed by atoms with E-state index >= 15 is 0 Å². The second-order valence-corrected chi connectivity index (χ2v) is 6.52. The molecule has 0 radical (unpaired) electrons. The Kier molecular flexibility index (Phi) is 4.01. The molecule has 2 aromatic carbocycles. The molecule has 0 saturated heterocycles. The van der Waals surface area contributed by atoms with Gasteiger partial charge in [0.15, 0.2) is 0 Å². The van der Waals surface area contributed by atoms with E-state index in [0.29, 0.717) is 0 Å². The molecule has 124 valence electrons. The summed E-state index contributed by atoms with van der Waals surface area (Å²) in [6.45, 7) is 5.55. The van der Waals surface area contributed by atoms with E-state index < -0.39 is 5.54 Å². The Labute approximate surface area is 141 Å². The van der Waals surface area contributed by atoms with E-state index in [4.69, 9.17) is 0 Å². The number of nitrogens with zero attached hydrogens (tertiary/aromatic N) is 1. The van der Waals surface area contributed by atoms with Crippen LogP contribution in [0.5, 0.6) is 0 Å². The zero-order valence-corrected chi connectivity index (χ0v) is 14.1. The van der Waals surface area contributed by atoms with Crippen LogP contribution in [0.25, 0.3) is 0 Å². The Morgan fingerprint density at radius 2 is 1.79 bits per heavy atom. The molecular formula is C19H21N3O2. The Morgan fingerprint density at radius 1 is 1.12 bits per heavy atom. The van der Waals surface area contributed by atoms with E-state index in [-0.39, 0.29) is 18.4 Å². The number of hydrogen-bond acceptors (Lipinski definition) is 3. The molecule has 1 aliphatic heterocycles. The third-order valence-electron chi connectivity index (χ3n) is 4.14. The molecule has 0 spiro atoms. The van der Waals surface area contributed by atoms with Crippen LogP contribution in [0, 0.1) is 6.92 Å². The van der Waals surface area contributed by atoms with Gasteiger partial charge in [0.1, 0.15) is 12.1 Å². The summed E-state index contributed by atoms with van der Waals surface area (Å²) in [7, 11) is 0. The van der Waals surface area contributed by atoms with Crippen LogP contribution in [-0.4, -0.2) is 23.9 Å². The van der Waals surface area contributed by atoms with Crippen LogP contribution in [-0.2, 0) is 9.59 Å². The van der Waals surface area contributed by atoms with Crippen LogP contribution in [0.1, 0.15) is 19.4 Å². The predicted octanol–water partition coefficient (Wildman–Crippen LogP) is 3.17. The lowest BCUT2D eigenvalue weighted by molar-refractivity contribution is -0.124. The van der Waals surface area contributed by atoms with Gasteiger partial charge in [-0.25, -0.2) is 0 Å². The third kappa shape index (κ3) is 2.97. The second kappa shape index (κ2) is 6.00. The molecule has 3 rings (SSSR count). The summed E-state index contributed by atoms with van der Waals surface area (Å²) in [5.74, 6) is -0.341. The van der Waals surface area contributed by atoms with Gasteiger partial charge in [0.05, 0.1) is 11.4 Å². The first-order valence-electron chi connectivity index (χ1n) is 7.93. The fourth-order valence-electron chi connectivity index (χ4n) is 2.86. The van der Waals surface area contributed by atoms with Crippen LogP contribution in [0.15, 0.2) is 48.5 Å². The lowest BCUT2D eigenvalue weighted by Gasteiger charge is -2.39. The highest BCUT2D eigenvalue weighted by molar-refractivity contribution is 6.11. The zero-order chi connectivity index (χ0) is 17.3. The van der Waals surface area contributed by atoms with Crippen molar-refractivity contribution in [3.8, 4) is 0 Å². The number of para-hydroxylation sites is 3. The molecule has 2 N–H and O–H groups in total. The van der Waals surface area contributed by atoms with Gasteiger partial charge >= 0.3 is 0 Å². The molecule has 0 atom stereocenters. The summed E-state index contributed by atoms with van der Waals surface area (Å²) in [5.41, 5.74) is 2.57. The van der Waals surface area contributed by atoms with E-state index in [0.717, 1.165) is 22.6 Å². The molecule has 5 heteroatoms. The largest absolute Gasteiger partial charge is 0.370 e. The zero-order valence-electron chi connectivity index (χ0n) is 14.1. The van der Waals surface area contributed by atoms with E-state index in [1.54, 1.807) is 4.90 Å². The van der Waals surface area contributed by atoms with Gasteiger partial charge in [-0.2, -0.15) is 0 Å². The van der Waals surface area contributed by atoms with Crippen LogP contribution in [0.3, 0.4) is 0 Å². The van der Waals surface area contributed by atoms with Gasteiger partial charge in [0.25, 0.3) is 5.91 Å². The molecule has 24 heavy (non-hydrogen) atoms. The fraction of sp³-hybridized carbons (Fsp3) is 0.263. The molecule has 1 heterocycles. The molecular weight excluding hydrogens is 302 g/mol. The molecule has 0 aromatic heterocycles. The minimum Gasteiger partial charge on any atom is -0.370 e. The number of carbonyl (C=O) groups excluding carboxylic acids is 2. The summed E-state index contributed by atoms with van der Waals surface area (Å²) >= 11 is 0. The molecule has 0 bridgehead atoms. The molecule has 0 aliphatic carbocycles. The van der Waals surface area contributed by atoms with Crippen molar-refractivity contribution >= 4 is 28.9 Å². The number of nitrogens with one attached hydrogen (secondary N) is 2. The first-order chi connectivity index (χ1) is 11.4. The fourth-order valence-corrected chi connectivity index (χ4v) is 2.86. The van der Waals surface area contributed by atoms with Gasteiger partial charge < -0.3 is 10.6 Å². The predicted molar refractivity (Wildman–Crippen MR) is 96.3 cm³/mol. The topological polar surface area (TPSA) is 61.4 Å². The van der Waals surface area contributed by atoms with Crippen molar-refractivity contribution in [2.45, 2.75) is 26.3 Å². The normalized spacial score (nSPS) is 15.5. The monoisotopic (exact) mass is 323 g/mol. The molecule has 2 aromatic rings. The quantitative estimate of drug-likeness (QED) is 0.912. The Hall–Kier alpha value is -2.82. The van der Waals surface area contributed by atoms with E-state index in [2.05, 4.69) is 10.6 Å². The smallest absolute Gasteiger partial charge is 0.252 e. The standard InChI is InChI=1S/C19H21N3O2/c1-13-8-4-5-9-14(13)20-17(23)12-22-16-11-7-6-10-15(16)21-19(2,3)18(22)24/h4-11,21H,12H2,1-3H3,(H,20,23). The number of aryl methyl sites for hydroxylation is 1. The van der Waals surface area contributed by atoms with Gasteiger partial charge in [-0.1, -0.05) is 30.3 Å². The molecule has 5 nitrogen and oxygen atoms in total. The Bertz CT molecular complexity index is 799. The summed E-state index contributed by atoms with van der Waals surface area (Å²) in [5, 5.41) is 6.11. The summed E-state index contributed by atoms with van der Waals surface area (Å²) in [6.07, 6.45) is 0. The van der Waals surface area contributed by atoms with Crippen LogP contribution in [0.4, 0.5) is 17.1 Å². The lowest BCUT2D eigenvalue weighted by atomic mass is 9.98. The molecule has 0 unspecified atom stereocenters. The average molecular weight is 323 g/mol. The number of anilines is 3. The maximum absolute atomic E-state index is 12.7. The molecule has 2 amide bonds. The van der Waals surface area contributed by atoms with E-state index in [1.807, 2.05) is 69.3 Å². The van der Waals surface area contributed by atoms with Crippen LogP contribution in [0.2, 0.25) is 0 Å². The number of benzene rings is 2. The first-order valence-corrected chi connectivity index (χ1v) is 7.93. The van der Waals surface area contributed by atoms with Crippen molar-refractivity contribution in [1.82, 2.24) is 0 Å². The van der Waals surface area contributed by atoms with Crippen molar-refractivity contribution in [1.29, 1.82) is 0 Å². The Balaban J connectivity index is 1.84. The number of rotatable bonds is 3. The maximum atomic E-state index is 12.7. The van der Waals surface area contributed by atoms with Crippen LogP contribution < -0.4 is 15.5 Å². The van der Waals surface area contributed by atoms with Gasteiger partial charge in [0.2, 0.25) is 5.91 Å². The highest BCUT2D eigenvalue weighted by Gasteiger charge is 2.39. The lowest BCUT2D eigenvalue weighted by Crippen LogP contribution is -2.55. The number of amides is 2. The molecule has 1 aliphatic rings. The summed E-state index contributed by atoms with van der Waals surface area (Å²) in [6, 6.07) is 15.1. The first kappa shape index (κ1) is 16.1. The SMILES string of the molecule is Cc1ccccc1NC(=O)CN1C(=O)C(C)(C)Nc2ccccc21. The maximum Gasteiger partial charge on any atom is 0.252 e. The number of hydrogen-bond donors (Lipinski definition) is 2. The average Bonchev–Trinajstić information content (AvgIpc) is 2.54. The van der Waals surface area contributed by atoms with Crippen LogP contribution >= 0.6 is 0 Å². The number of fused-ring (bicyclic) bond motifs is 1. The molecule has 0 saturated carbocycles. The van der Waals surface area contributed by atoms with E-state index in [1.165, 1.54) is 0 Å². The number of carbonyl (C=O) groups is 2. The van der Waals surface area contributed by atoms with Gasteiger partial charge in [-0.05, 0) is 44.5 Å². The highest BCUT2D eigenvalue weighted by Crippen LogP contribution is 2.34. The van der Waals surface area contributed by atoms with Crippen molar-refractivity contribution in [3.63, 3.8) is 0 Å². The summed E-state index contributed by atoms with van der Waals surface area (Å²) in [4.78, 5) is 26.8. The van der Waals surface area contributed by atoms with Crippen molar-refractivity contribution in [3.05, 3.63) is 54.1 Å². The second-order valence-electron chi connectivity index (χ2n) is 6.52. The van der Waals surface area contributed by atoms with Gasteiger partial charge in [-0.15, -0.1) is 0 Å². The minimum absolute atomic E-state index is 0.0186. The summed E-state index contributed by atoms with van der Waals surface area (Å²) < 4.78 is 0. The molecule has 0 fully saturated rings. The van der Waals surface area contributed by atoms with Crippen molar-refractivity contribution in [2.24, 2.45) is 0 Å². The van der Waals surface area contributed by atoms with Crippen molar-refractivity contribution in [2.75, 3.05) is 22.1 Å². The third-order valence-corrected chi connectivity index (χ3v) is 4.14. The minimum atomic E-state index is -0.753. The highest BCUT2D eigenvalue weighted by atomic mass is 16.2. The van der Waals surface area contributed by atoms with E-state index in [9.17, 15) is 9.59 Å². The van der Waals surface area contributed by atoms with Gasteiger partial charge in [0, 0.05) is 5.69 Å². The van der Waals surface area contributed by atoms with Crippen molar-refractivity contribution < 1.29 is 9.59 Å². The Morgan fingerprint density at radius 3 is 2.54 bits per heavy atom. The van der Waals surface area contributed by atoms with Gasteiger partial charge in [-0.3, -0.25) is 14.5 Å².